The highest BCUT2D eigenvalue weighted by Gasteiger charge is 2.10. The highest BCUT2D eigenvalue weighted by Crippen LogP contribution is 2.12. The monoisotopic (exact) mass is 312 g/mol. The fourth-order valence-electron chi connectivity index (χ4n) is 1.90. The predicted molar refractivity (Wildman–Crippen MR) is 91.0 cm³/mol. The zero-order valence-electron chi connectivity index (χ0n) is 13.3. The first-order valence-electron chi connectivity index (χ1n) is 7.40. The van der Waals surface area contributed by atoms with Gasteiger partial charge in [0.05, 0.1) is 12.8 Å². The largest absolute Gasteiger partial charge is 0.494 e. The SMILES string of the molecule is CCOc1ccc(/C=N\OCC(=O)N(C)c2ccccc2)cc1. The third-order valence-corrected chi connectivity index (χ3v) is 3.17. The van der Waals surface area contributed by atoms with E-state index < -0.39 is 0 Å². The number of carbonyl (C=O) groups is 1. The Hall–Kier alpha value is -2.82. The van der Waals surface area contributed by atoms with Gasteiger partial charge in [-0.1, -0.05) is 23.4 Å². The molecule has 0 spiro atoms. The smallest absolute Gasteiger partial charge is 0.267 e. The third kappa shape index (κ3) is 5.14. The molecule has 0 aliphatic heterocycles. The van der Waals surface area contributed by atoms with Crippen molar-refractivity contribution < 1.29 is 14.4 Å². The van der Waals surface area contributed by atoms with Crippen LogP contribution in [0, 0.1) is 0 Å². The Morgan fingerprint density at radius 2 is 1.83 bits per heavy atom. The van der Waals surface area contributed by atoms with Crippen LogP contribution in [0.1, 0.15) is 12.5 Å². The van der Waals surface area contributed by atoms with Crippen LogP contribution in [0.25, 0.3) is 0 Å². The molecule has 0 aliphatic rings. The van der Waals surface area contributed by atoms with Crippen molar-refractivity contribution in [2.24, 2.45) is 5.16 Å². The molecule has 0 bridgehead atoms. The van der Waals surface area contributed by atoms with Crippen LogP contribution in [0.15, 0.2) is 59.8 Å². The molecule has 23 heavy (non-hydrogen) atoms. The van der Waals surface area contributed by atoms with E-state index in [1.807, 2.05) is 61.5 Å². The molecule has 120 valence electrons. The second-order valence-electron chi connectivity index (χ2n) is 4.80. The van der Waals surface area contributed by atoms with E-state index in [1.54, 1.807) is 13.3 Å². The van der Waals surface area contributed by atoms with Crippen molar-refractivity contribution in [2.45, 2.75) is 6.92 Å². The van der Waals surface area contributed by atoms with Crippen LogP contribution in [0.3, 0.4) is 0 Å². The summed E-state index contributed by atoms with van der Waals surface area (Å²) in [5.74, 6) is 0.644. The molecule has 0 aromatic heterocycles. The Kier molecular flexibility index (Phi) is 6.17. The average Bonchev–Trinajstić information content (AvgIpc) is 2.60. The van der Waals surface area contributed by atoms with Gasteiger partial charge in [0.1, 0.15) is 5.75 Å². The summed E-state index contributed by atoms with van der Waals surface area (Å²) in [5.41, 5.74) is 1.69. The fraction of sp³-hybridized carbons (Fsp3) is 0.222. The lowest BCUT2D eigenvalue weighted by molar-refractivity contribution is -0.122. The second kappa shape index (κ2) is 8.58. The molecule has 0 saturated heterocycles. The fourth-order valence-corrected chi connectivity index (χ4v) is 1.90. The summed E-state index contributed by atoms with van der Waals surface area (Å²) in [6, 6.07) is 16.8. The maximum atomic E-state index is 12.0. The van der Waals surface area contributed by atoms with Crippen molar-refractivity contribution in [3.8, 4) is 5.75 Å². The minimum absolute atomic E-state index is 0.112. The number of benzene rings is 2. The number of nitrogens with zero attached hydrogens (tertiary/aromatic N) is 2. The van der Waals surface area contributed by atoms with Crippen molar-refractivity contribution in [2.75, 3.05) is 25.2 Å². The summed E-state index contributed by atoms with van der Waals surface area (Å²) in [4.78, 5) is 18.6. The van der Waals surface area contributed by atoms with Crippen LogP contribution >= 0.6 is 0 Å². The van der Waals surface area contributed by atoms with E-state index in [0.29, 0.717) is 6.61 Å². The molecule has 2 aromatic rings. The van der Waals surface area contributed by atoms with E-state index in [2.05, 4.69) is 5.16 Å². The van der Waals surface area contributed by atoms with Gasteiger partial charge in [0.15, 0.2) is 6.61 Å². The molecule has 5 nitrogen and oxygen atoms in total. The summed E-state index contributed by atoms with van der Waals surface area (Å²) in [7, 11) is 1.71. The Bertz CT molecular complexity index is 639. The second-order valence-corrected chi connectivity index (χ2v) is 4.80. The summed E-state index contributed by atoms with van der Waals surface area (Å²) < 4.78 is 5.36. The van der Waals surface area contributed by atoms with E-state index in [1.165, 1.54) is 4.90 Å². The molecule has 0 N–H and O–H groups in total. The Morgan fingerprint density at radius 1 is 1.13 bits per heavy atom. The van der Waals surface area contributed by atoms with Gasteiger partial charge in [0.25, 0.3) is 5.91 Å². The molecule has 1 amide bonds. The van der Waals surface area contributed by atoms with Crippen molar-refractivity contribution in [1.82, 2.24) is 0 Å². The van der Waals surface area contributed by atoms with Gasteiger partial charge < -0.3 is 14.5 Å². The Labute approximate surface area is 136 Å². The molecule has 0 atom stereocenters. The number of hydrogen-bond donors (Lipinski definition) is 0. The highest BCUT2D eigenvalue weighted by molar-refractivity contribution is 5.93. The minimum Gasteiger partial charge on any atom is -0.494 e. The zero-order chi connectivity index (χ0) is 16.5. The number of para-hydroxylation sites is 1. The van der Waals surface area contributed by atoms with Crippen molar-refractivity contribution in [3.63, 3.8) is 0 Å². The molecular formula is C18H20N2O3. The zero-order valence-corrected chi connectivity index (χ0v) is 13.3. The number of oxime groups is 1. The predicted octanol–water partition coefficient (Wildman–Crippen LogP) is 3.10. The van der Waals surface area contributed by atoms with Gasteiger partial charge in [-0.05, 0) is 48.9 Å². The Morgan fingerprint density at radius 3 is 2.48 bits per heavy atom. The summed E-state index contributed by atoms with van der Waals surface area (Å²) in [6.07, 6.45) is 1.56. The molecule has 0 heterocycles. The van der Waals surface area contributed by atoms with E-state index in [4.69, 9.17) is 9.57 Å². The number of rotatable bonds is 7. The topological polar surface area (TPSA) is 51.1 Å². The van der Waals surface area contributed by atoms with Crippen LogP contribution in [0.2, 0.25) is 0 Å². The third-order valence-electron chi connectivity index (χ3n) is 3.17. The number of likely N-dealkylation sites (N-methyl/N-ethyl adjacent to an activating group) is 1. The maximum Gasteiger partial charge on any atom is 0.267 e. The first-order chi connectivity index (χ1) is 11.2. The van der Waals surface area contributed by atoms with Gasteiger partial charge in [-0.2, -0.15) is 0 Å². The number of carbonyl (C=O) groups excluding carboxylic acids is 1. The van der Waals surface area contributed by atoms with Gasteiger partial charge in [-0.25, -0.2) is 0 Å². The van der Waals surface area contributed by atoms with Gasteiger partial charge in [0.2, 0.25) is 0 Å². The first kappa shape index (κ1) is 16.5. The molecule has 2 aromatic carbocycles. The lowest BCUT2D eigenvalue weighted by Crippen LogP contribution is -2.29. The summed E-state index contributed by atoms with van der Waals surface area (Å²) >= 11 is 0. The van der Waals surface area contributed by atoms with Crippen LogP contribution in [0.5, 0.6) is 5.75 Å². The molecule has 0 fully saturated rings. The van der Waals surface area contributed by atoms with E-state index >= 15 is 0 Å². The van der Waals surface area contributed by atoms with E-state index in [0.717, 1.165) is 17.0 Å². The molecule has 0 unspecified atom stereocenters. The van der Waals surface area contributed by atoms with Gasteiger partial charge in [-0.15, -0.1) is 0 Å². The standard InChI is InChI=1S/C18H20N2O3/c1-3-22-17-11-9-15(10-12-17)13-19-23-14-18(21)20(2)16-7-5-4-6-8-16/h4-13H,3,14H2,1-2H3/b19-13-. The normalized spacial score (nSPS) is 10.5. The average molecular weight is 312 g/mol. The maximum absolute atomic E-state index is 12.0. The molecule has 5 heteroatoms. The van der Waals surface area contributed by atoms with Crippen molar-refractivity contribution >= 4 is 17.8 Å². The lowest BCUT2D eigenvalue weighted by atomic mass is 10.2. The number of ether oxygens (including phenoxy) is 1. The molecule has 2 rings (SSSR count). The van der Waals surface area contributed by atoms with Gasteiger partial charge in [0, 0.05) is 12.7 Å². The van der Waals surface area contributed by atoms with E-state index in [9.17, 15) is 4.79 Å². The summed E-state index contributed by atoms with van der Waals surface area (Å²) in [5, 5.41) is 3.82. The van der Waals surface area contributed by atoms with Gasteiger partial charge >= 0.3 is 0 Å². The molecule has 0 radical (unpaired) electrons. The lowest BCUT2D eigenvalue weighted by Gasteiger charge is -2.16. The number of hydrogen-bond acceptors (Lipinski definition) is 4. The Balaban J connectivity index is 1.80. The van der Waals surface area contributed by atoms with Gasteiger partial charge in [-0.3, -0.25) is 4.79 Å². The van der Waals surface area contributed by atoms with Crippen LogP contribution in [-0.4, -0.2) is 32.4 Å². The summed E-state index contributed by atoms with van der Waals surface area (Å²) in [6.45, 7) is 2.46. The quantitative estimate of drug-likeness (QED) is 0.583. The van der Waals surface area contributed by atoms with E-state index in [-0.39, 0.29) is 12.5 Å². The van der Waals surface area contributed by atoms with Crippen LogP contribution in [0.4, 0.5) is 5.69 Å². The molecule has 0 saturated carbocycles. The number of anilines is 1. The molecular weight excluding hydrogens is 292 g/mol. The highest BCUT2D eigenvalue weighted by atomic mass is 16.6. The van der Waals surface area contributed by atoms with Crippen molar-refractivity contribution in [1.29, 1.82) is 0 Å². The molecule has 0 aliphatic carbocycles. The van der Waals surface area contributed by atoms with Crippen LogP contribution < -0.4 is 9.64 Å². The number of amides is 1. The van der Waals surface area contributed by atoms with Crippen molar-refractivity contribution in [3.05, 3.63) is 60.2 Å². The minimum atomic E-state index is -0.167. The van der Waals surface area contributed by atoms with Crippen LogP contribution in [-0.2, 0) is 9.63 Å². The first-order valence-corrected chi connectivity index (χ1v) is 7.40.